The number of halogens is 6. The van der Waals surface area contributed by atoms with Gasteiger partial charge in [-0.05, 0) is 68.4 Å². The quantitative estimate of drug-likeness (QED) is 0.136. The van der Waals surface area contributed by atoms with Crippen LogP contribution in [0.25, 0.3) is 44.2 Å². The molecule has 4 aromatic rings. The third kappa shape index (κ3) is 3.60. The molecule has 0 atom stereocenters. The van der Waals surface area contributed by atoms with Crippen LogP contribution >= 0.6 is 0 Å². The summed E-state index contributed by atoms with van der Waals surface area (Å²) in [5.41, 5.74) is -0.526. The van der Waals surface area contributed by atoms with Gasteiger partial charge in [-0.15, -0.1) is 0 Å². The molecule has 0 unspecified atom stereocenters. The smallest absolute Gasteiger partial charge is 0.192 e. The first-order valence-corrected chi connectivity index (χ1v) is 12.1. The fourth-order valence-electron chi connectivity index (χ4n) is 5.78. The summed E-state index contributed by atoms with van der Waals surface area (Å²) in [6, 6.07) is 19.5. The molecule has 10 heteroatoms. The highest BCUT2D eigenvalue weighted by Gasteiger charge is 2.38. The first-order chi connectivity index (χ1) is 19.9. The summed E-state index contributed by atoms with van der Waals surface area (Å²) < 4.78 is 81.7. The van der Waals surface area contributed by atoms with Crippen LogP contribution in [0.5, 0.6) is 0 Å². The zero-order valence-electron chi connectivity index (χ0n) is 20.8. The lowest BCUT2D eigenvalue weighted by molar-refractivity contribution is -0.138. The predicted octanol–water partition coefficient (Wildman–Crippen LogP) is 8.54. The van der Waals surface area contributed by atoms with Crippen molar-refractivity contribution in [1.29, 1.82) is 21.0 Å². The molecule has 0 bridgehead atoms. The van der Waals surface area contributed by atoms with Crippen molar-refractivity contribution in [2.75, 3.05) is 0 Å². The first kappa shape index (κ1) is 26.4. The third-order valence-electron chi connectivity index (χ3n) is 7.46. The molecule has 0 heterocycles. The van der Waals surface area contributed by atoms with Crippen LogP contribution in [0.2, 0.25) is 0 Å². The minimum absolute atomic E-state index is 0.0113. The Kier molecular flexibility index (Phi) is 5.55. The van der Waals surface area contributed by atoms with Gasteiger partial charge >= 0.3 is 12.4 Å². The Morgan fingerprint density at radius 2 is 0.786 bits per heavy atom. The van der Waals surface area contributed by atoms with Crippen LogP contribution in [0.15, 0.2) is 71.8 Å². The van der Waals surface area contributed by atoms with E-state index in [1.165, 1.54) is 12.1 Å². The van der Waals surface area contributed by atoms with Gasteiger partial charge in [-0.3, -0.25) is 0 Å². The summed E-state index contributed by atoms with van der Waals surface area (Å²) in [5, 5.41) is 39.8. The minimum Gasteiger partial charge on any atom is -0.192 e. The van der Waals surface area contributed by atoms with E-state index in [0.29, 0.717) is 44.2 Å². The van der Waals surface area contributed by atoms with Gasteiger partial charge in [-0.1, -0.05) is 36.4 Å². The van der Waals surface area contributed by atoms with Crippen LogP contribution in [-0.2, 0) is 12.4 Å². The van der Waals surface area contributed by atoms with E-state index in [0.717, 1.165) is 24.3 Å². The van der Waals surface area contributed by atoms with Crippen molar-refractivity contribution in [2.24, 2.45) is 0 Å². The molecule has 4 aromatic carbocycles. The zero-order valence-corrected chi connectivity index (χ0v) is 20.8. The molecule has 0 fully saturated rings. The predicted molar refractivity (Wildman–Crippen MR) is 139 cm³/mol. The molecule has 0 spiro atoms. The first-order valence-electron chi connectivity index (χ1n) is 12.1. The van der Waals surface area contributed by atoms with Crippen molar-refractivity contribution < 1.29 is 26.3 Å². The normalized spacial score (nSPS) is 12.8. The maximum Gasteiger partial charge on any atom is 0.416 e. The molecule has 6 rings (SSSR count). The van der Waals surface area contributed by atoms with Gasteiger partial charge in [0.1, 0.15) is 35.4 Å². The second kappa shape index (κ2) is 8.83. The van der Waals surface area contributed by atoms with Crippen molar-refractivity contribution in [3.8, 4) is 46.5 Å². The molecule has 0 saturated carbocycles. The number of nitrogens with zero attached hydrogens (tertiary/aromatic N) is 4. The van der Waals surface area contributed by atoms with Crippen LogP contribution in [0.3, 0.4) is 0 Å². The van der Waals surface area contributed by atoms with Crippen molar-refractivity contribution in [1.82, 2.24) is 0 Å². The molecule has 0 amide bonds. The standard InChI is InChI=1S/C32H10F6N4/c33-31(34,35)17-1-3-19-21-5-7-24-23(29(21)27(25(19)9-17)15(11-39)12-40)8-6-22-20-4-2-18(32(36,37)38)10-26(20)28(30(22)24)16(13-41)14-42/h1-10H. The van der Waals surface area contributed by atoms with E-state index in [1.807, 2.05) is 0 Å². The average Bonchev–Trinajstić information content (AvgIpc) is 3.46. The second-order valence-electron chi connectivity index (χ2n) is 9.53. The number of allylic oxidation sites excluding steroid dienone is 2. The number of hydrogen-bond acceptors (Lipinski definition) is 4. The van der Waals surface area contributed by atoms with Crippen molar-refractivity contribution in [3.05, 3.63) is 105 Å². The van der Waals surface area contributed by atoms with E-state index in [4.69, 9.17) is 0 Å². The Morgan fingerprint density at radius 1 is 0.452 bits per heavy atom. The Balaban J connectivity index is 1.73. The molecule has 0 aromatic heterocycles. The lowest BCUT2D eigenvalue weighted by Crippen LogP contribution is -2.05. The third-order valence-corrected chi connectivity index (χ3v) is 7.46. The van der Waals surface area contributed by atoms with Gasteiger partial charge in [0.2, 0.25) is 0 Å². The summed E-state index contributed by atoms with van der Waals surface area (Å²) in [6.07, 6.45) is -9.38. The Hall–Kier alpha value is -5.84. The van der Waals surface area contributed by atoms with Crippen LogP contribution in [0.1, 0.15) is 33.4 Å². The van der Waals surface area contributed by atoms with Gasteiger partial charge in [0.05, 0.1) is 11.1 Å². The molecule has 200 valence electrons. The maximum atomic E-state index is 13.6. The summed E-state index contributed by atoms with van der Waals surface area (Å²) in [4.78, 5) is 0. The molecule has 0 aliphatic heterocycles. The molecule has 2 aliphatic rings. The van der Waals surface area contributed by atoms with Gasteiger partial charge in [-0.2, -0.15) is 47.4 Å². The van der Waals surface area contributed by atoms with Gasteiger partial charge in [0.15, 0.2) is 0 Å². The second-order valence-corrected chi connectivity index (χ2v) is 9.53. The highest BCUT2D eigenvalue weighted by Crippen LogP contribution is 2.54. The number of nitriles is 4. The van der Waals surface area contributed by atoms with E-state index in [-0.39, 0.29) is 22.3 Å². The molecular weight excluding hydrogens is 554 g/mol. The highest BCUT2D eigenvalue weighted by molar-refractivity contribution is 6.19. The zero-order chi connectivity index (χ0) is 30.1. The van der Waals surface area contributed by atoms with Crippen molar-refractivity contribution in [3.63, 3.8) is 0 Å². The van der Waals surface area contributed by atoms with E-state index in [9.17, 15) is 47.4 Å². The molecule has 4 nitrogen and oxygen atoms in total. The van der Waals surface area contributed by atoms with Crippen molar-refractivity contribution in [2.45, 2.75) is 12.4 Å². The summed E-state index contributed by atoms with van der Waals surface area (Å²) in [6.45, 7) is 0. The van der Waals surface area contributed by atoms with Crippen molar-refractivity contribution >= 4 is 21.9 Å². The molecule has 42 heavy (non-hydrogen) atoms. The summed E-state index contributed by atoms with van der Waals surface area (Å²) >= 11 is 0. The average molecular weight is 564 g/mol. The summed E-state index contributed by atoms with van der Waals surface area (Å²) in [7, 11) is 0. The monoisotopic (exact) mass is 564 g/mol. The van der Waals surface area contributed by atoms with E-state index in [1.54, 1.807) is 48.5 Å². The van der Waals surface area contributed by atoms with Crippen LogP contribution in [0, 0.1) is 45.3 Å². The van der Waals surface area contributed by atoms with Gasteiger partial charge in [0.25, 0.3) is 0 Å². The van der Waals surface area contributed by atoms with E-state index >= 15 is 0 Å². The number of fused-ring (bicyclic) bond motifs is 9. The largest absolute Gasteiger partial charge is 0.416 e. The fraction of sp³-hybridized carbons (Fsp3) is 0.0625. The molecule has 2 aliphatic carbocycles. The Morgan fingerprint density at radius 3 is 1.10 bits per heavy atom. The number of benzene rings is 4. The van der Waals surface area contributed by atoms with Crippen LogP contribution < -0.4 is 0 Å². The van der Waals surface area contributed by atoms with Gasteiger partial charge in [-0.25, -0.2) is 0 Å². The Labute approximate surface area is 233 Å². The minimum atomic E-state index is -4.69. The highest BCUT2D eigenvalue weighted by atomic mass is 19.4. The SMILES string of the molecule is N#CC(C#N)=C1c2cc(C(F)(F)F)ccc2-c2ccc3c4c(ccc3c21)-c1ccc(C(F)(F)F)cc1C4=C(C#N)C#N. The number of alkyl halides is 6. The molecular formula is C32H10F6N4. The lowest BCUT2D eigenvalue weighted by Gasteiger charge is -2.13. The van der Waals surface area contributed by atoms with Gasteiger partial charge < -0.3 is 0 Å². The Bertz CT molecular complexity index is 1970. The lowest BCUT2D eigenvalue weighted by atomic mass is 9.88. The van der Waals surface area contributed by atoms with Crippen LogP contribution in [-0.4, -0.2) is 0 Å². The van der Waals surface area contributed by atoms with E-state index in [2.05, 4.69) is 0 Å². The van der Waals surface area contributed by atoms with Crippen LogP contribution in [0.4, 0.5) is 26.3 Å². The molecule has 0 N–H and O–H groups in total. The fourth-order valence-corrected chi connectivity index (χ4v) is 5.78. The number of rotatable bonds is 0. The van der Waals surface area contributed by atoms with E-state index < -0.39 is 34.6 Å². The number of hydrogen-bond donors (Lipinski definition) is 0. The topological polar surface area (TPSA) is 95.2 Å². The molecule has 0 saturated heterocycles. The van der Waals surface area contributed by atoms with Gasteiger partial charge in [0, 0.05) is 22.3 Å². The summed E-state index contributed by atoms with van der Waals surface area (Å²) in [5.74, 6) is 0. The maximum absolute atomic E-state index is 13.6. The molecule has 0 radical (unpaired) electrons.